The van der Waals surface area contributed by atoms with E-state index in [1.54, 1.807) is 11.8 Å². The first-order valence-electron chi connectivity index (χ1n) is 4.88. The summed E-state index contributed by atoms with van der Waals surface area (Å²) in [4.78, 5) is 14.9. The molecule has 0 radical (unpaired) electrons. The number of hydrogen-bond donors (Lipinski definition) is 2. The van der Waals surface area contributed by atoms with E-state index >= 15 is 0 Å². The summed E-state index contributed by atoms with van der Waals surface area (Å²) >= 11 is 1.57. The van der Waals surface area contributed by atoms with Crippen molar-refractivity contribution < 1.29 is 9.50 Å². The number of nitrogens with zero attached hydrogens (tertiary/aromatic N) is 2. The fraction of sp³-hybridized carbons (Fsp3) is 0.556. The highest BCUT2D eigenvalue weighted by molar-refractivity contribution is 8.00. The van der Waals surface area contributed by atoms with E-state index in [9.17, 15) is 9.18 Å². The first-order valence-corrected chi connectivity index (χ1v) is 5.93. The molecule has 16 heavy (non-hydrogen) atoms. The molecule has 0 amide bonds. The van der Waals surface area contributed by atoms with E-state index in [0.29, 0.717) is 12.2 Å². The van der Waals surface area contributed by atoms with E-state index in [2.05, 4.69) is 4.98 Å². The van der Waals surface area contributed by atoms with E-state index in [1.807, 2.05) is 0 Å². The quantitative estimate of drug-likeness (QED) is 0.766. The van der Waals surface area contributed by atoms with Crippen LogP contribution < -0.4 is 11.4 Å². The second kappa shape index (κ2) is 4.42. The molecule has 0 spiro atoms. The zero-order chi connectivity index (χ0) is 11.7. The number of aromatic nitrogens is 2. The number of aliphatic hydroxyl groups excluding tert-OH is 1. The van der Waals surface area contributed by atoms with Crippen molar-refractivity contribution in [2.24, 2.45) is 0 Å². The van der Waals surface area contributed by atoms with Crippen molar-refractivity contribution in [3.05, 3.63) is 22.5 Å². The first kappa shape index (κ1) is 11.4. The average Bonchev–Trinajstić information content (AvgIpc) is 2.71. The van der Waals surface area contributed by atoms with Crippen LogP contribution in [0.25, 0.3) is 0 Å². The molecule has 1 aliphatic rings. The van der Waals surface area contributed by atoms with E-state index in [4.69, 9.17) is 10.8 Å². The first-order chi connectivity index (χ1) is 7.61. The smallest absolute Gasteiger partial charge is 0.349 e. The lowest BCUT2D eigenvalue weighted by Gasteiger charge is -2.12. The highest BCUT2D eigenvalue weighted by Crippen LogP contribution is 2.33. The van der Waals surface area contributed by atoms with Crippen LogP contribution in [-0.4, -0.2) is 32.3 Å². The highest BCUT2D eigenvalue weighted by atomic mass is 32.2. The zero-order valence-electron chi connectivity index (χ0n) is 8.47. The molecule has 1 saturated heterocycles. The summed E-state index contributed by atoms with van der Waals surface area (Å²) in [5.41, 5.74) is 4.66. The number of thioether (sulfide) groups is 1. The molecule has 1 aliphatic heterocycles. The van der Waals surface area contributed by atoms with Crippen molar-refractivity contribution in [2.45, 2.75) is 17.7 Å². The number of halogens is 1. The lowest BCUT2D eigenvalue weighted by Crippen LogP contribution is -2.28. The van der Waals surface area contributed by atoms with Gasteiger partial charge in [0.15, 0.2) is 11.6 Å². The van der Waals surface area contributed by atoms with Gasteiger partial charge in [0, 0.05) is 23.2 Å². The summed E-state index contributed by atoms with van der Waals surface area (Å²) in [5, 5.41) is 9.09. The number of aliphatic hydroxyl groups is 1. The van der Waals surface area contributed by atoms with Gasteiger partial charge >= 0.3 is 5.69 Å². The predicted octanol–water partition coefficient (Wildman–Crippen LogP) is 0.00350. The van der Waals surface area contributed by atoms with Gasteiger partial charge in [-0.2, -0.15) is 16.7 Å². The lowest BCUT2D eigenvalue weighted by molar-refractivity contribution is 0.285. The van der Waals surface area contributed by atoms with Crippen LogP contribution in [0.5, 0.6) is 0 Å². The molecule has 0 unspecified atom stereocenters. The molecule has 2 atom stereocenters. The molecule has 1 fully saturated rings. The monoisotopic (exact) mass is 245 g/mol. The summed E-state index contributed by atoms with van der Waals surface area (Å²) in [5.74, 6) is -0.376. The Bertz CT molecular complexity index is 451. The van der Waals surface area contributed by atoms with Crippen LogP contribution >= 0.6 is 11.8 Å². The summed E-state index contributed by atoms with van der Waals surface area (Å²) < 4.78 is 14.4. The van der Waals surface area contributed by atoms with Gasteiger partial charge < -0.3 is 10.8 Å². The van der Waals surface area contributed by atoms with Crippen molar-refractivity contribution in [1.29, 1.82) is 0 Å². The van der Waals surface area contributed by atoms with Crippen LogP contribution in [0.2, 0.25) is 0 Å². The third-order valence-electron chi connectivity index (χ3n) is 2.59. The van der Waals surface area contributed by atoms with E-state index in [-0.39, 0.29) is 23.7 Å². The number of nitrogens with two attached hydrogens (primary N) is 1. The molecule has 5 nitrogen and oxygen atoms in total. The van der Waals surface area contributed by atoms with Crippen LogP contribution in [0.3, 0.4) is 0 Å². The molecule has 0 saturated carbocycles. The topological polar surface area (TPSA) is 81.1 Å². The Morgan fingerprint density at radius 1 is 1.75 bits per heavy atom. The Labute approximate surface area is 95.5 Å². The van der Waals surface area contributed by atoms with Crippen molar-refractivity contribution >= 4 is 17.6 Å². The average molecular weight is 245 g/mol. The van der Waals surface area contributed by atoms with Crippen molar-refractivity contribution in [1.82, 2.24) is 9.55 Å². The molecule has 0 aliphatic carbocycles. The molecule has 1 aromatic heterocycles. The van der Waals surface area contributed by atoms with Gasteiger partial charge in [-0.05, 0) is 6.42 Å². The number of anilines is 1. The minimum Gasteiger partial charge on any atom is -0.395 e. The minimum absolute atomic E-state index is 0.0702. The number of nitrogen functional groups attached to an aromatic ring is 1. The lowest BCUT2D eigenvalue weighted by atomic mass is 10.2. The van der Waals surface area contributed by atoms with Crippen LogP contribution in [0, 0.1) is 5.82 Å². The second-order valence-electron chi connectivity index (χ2n) is 3.69. The number of hydrogen-bond acceptors (Lipinski definition) is 5. The van der Waals surface area contributed by atoms with Crippen molar-refractivity contribution in [3.8, 4) is 0 Å². The minimum atomic E-state index is -0.683. The molecule has 88 valence electrons. The van der Waals surface area contributed by atoms with Crippen LogP contribution in [-0.2, 0) is 0 Å². The van der Waals surface area contributed by atoms with Gasteiger partial charge in [-0.1, -0.05) is 0 Å². The summed E-state index contributed by atoms with van der Waals surface area (Å²) in [7, 11) is 0. The maximum absolute atomic E-state index is 13.2. The molecule has 2 heterocycles. The fourth-order valence-corrected chi connectivity index (χ4v) is 2.98. The van der Waals surface area contributed by atoms with Gasteiger partial charge in [0.2, 0.25) is 0 Å². The second-order valence-corrected chi connectivity index (χ2v) is 5.02. The maximum Gasteiger partial charge on any atom is 0.349 e. The van der Waals surface area contributed by atoms with Gasteiger partial charge in [-0.25, -0.2) is 9.18 Å². The molecule has 0 bridgehead atoms. The molecular formula is C9H12FN3O2S. The Kier molecular flexibility index (Phi) is 3.15. The highest BCUT2D eigenvalue weighted by Gasteiger charge is 2.27. The largest absolute Gasteiger partial charge is 0.395 e. The van der Waals surface area contributed by atoms with Crippen LogP contribution in [0.15, 0.2) is 11.0 Å². The van der Waals surface area contributed by atoms with Gasteiger partial charge in [0.1, 0.15) is 0 Å². The van der Waals surface area contributed by atoms with E-state index < -0.39 is 11.5 Å². The predicted molar refractivity (Wildman–Crippen MR) is 59.9 cm³/mol. The van der Waals surface area contributed by atoms with Gasteiger partial charge in [-0.3, -0.25) is 4.57 Å². The summed E-state index contributed by atoms with van der Waals surface area (Å²) in [6.45, 7) is 0.0702. The fourth-order valence-electron chi connectivity index (χ4n) is 1.73. The molecule has 0 aromatic carbocycles. The normalized spacial score (nSPS) is 24.9. The Morgan fingerprint density at radius 2 is 2.50 bits per heavy atom. The molecule has 2 rings (SSSR count). The van der Waals surface area contributed by atoms with Crippen LogP contribution in [0.1, 0.15) is 12.5 Å². The zero-order valence-corrected chi connectivity index (χ0v) is 9.28. The Balaban J connectivity index is 2.28. The Hall–Kier alpha value is -1.08. The number of rotatable bonds is 2. The maximum atomic E-state index is 13.2. The molecule has 3 N–H and O–H groups in total. The SMILES string of the molecule is Nc1nc(=O)n([C@@H]2CS[C@H](CO)C2)cc1F. The molecular weight excluding hydrogens is 233 g/mol. The van der Waals surface area contributed by atoms with E-state index in [1.165, 1.54) is 4.57 Å². The van der Waals surface area contributed by atoms with Gasteiger partial charge in [0.05, 0.1) is 6.61 Å². The van der Waals surface area contributed by atoms with Gasteiger partial charge in [-0.15, -0.1) is 0 Å². The van der Waals surface area contributed by atoms with Crippen LogP contribution in [0.4, 0.5) is 10.2 Å². The summed E-state index contributed by atoms with van der Waals surface area (Å²) in [6.07, 6.45) is 1.74. The van der Waals surface area contributed by atoms with Crippen molar-refractivity contribution in [2.75, 3.05) is 18.1 Å². The molecule has 1 aromatic rings. The standard InChI is InChI=1S/C9H12FN3O2S/c10-7-2-13(9(15)12-8(7)11)5-1-6(3-14)16-4-5/h2,5-6,14H,1,3-4H2,(H2,11,12,15)/t5-,6-/m0/s1. The van der Waals surface area contributed by atoms with Gasteiger partial charge in [0.25, 0.3) is 0 Å². The van der Waals surface area contributed by atoms with Crippen molar-refractivity contribution in [3.63, 3.8) is 0 Å². The third-order valence-corrected chi connectivity index (χ3v) is 3.98. The Morgan fingerprint density at radius 3 is 3.12 bits per heavy atom. The summed E-state index contributed by atoms with van der Waals surface area (Å²) in [6, 6.07) is -0.114. The van der Waals surface area contributed by atoms with E-state index in [0.717, 1.165) is 6.20 Å². The third kappa shape index (κ3) is 2.05. The molecule has 7 heteroatoms.